The van der Waals surface area contributed by atoms with Gasteiger partial charge < -0.3 is 14.8 Å². The highest BCUT2D eigenvalue weighted by molar-refractivity contribution is 7.14. The van der Waals surface area contributed by atoms with Gasteiger partial charge in [0.1, 0.15) is 0 Å². The fourth-order valence-corrected chi connectivity index (χ4v) is 8.99. The first-order chi connectivity index (χ1) is 22.4. The minimum atomic E-state index is -0.294. The molecule has 2 aromatic carbocycles. The lowest BCUT2D eigenvalue weighted by Gasteiger charge is -2.38. The van der Waals surface area contributed by atoms with Crippen LogP contribution in [0.25, 0.3) is 11.1 Å². The minimum Gasteiger partial charge on any atom is -0.378 e. The van der Waals surface area contributed by atoms with Gasteiger partial charge in [-0.3, -0.25) is 19.4 Å². The quantitative estimate of drug-likeness (QED) is 0.232. The minimum absolute atomic E-state index is 0.0561. The second-order valence-corrected chi connectivity index (χ2v) is 15.0. The third-order valence-electron chi connectivity index (χ3n) is 9.19. The summed E-state index contributed by atoms with van der Waals surface area (Å²) in [7, 11) is 0. The van der Waals surface area contributed by atoms with Crippen LogP contribution < -0.4 is 5.32 Å². The number of ketones is 1. The summed E-state index contributed by atoms with van der Waals surface area (Å²) in [4.78, 5) is 43.2. The Morgan fingerprint density at radius 2 is 1.37 bits per heavy atom. The Bertz CT molecular complexity index is 1700. The van der Waals surface area contributed by atoms with E-state index in [0.29, 0.717) is 54.5 Å². The molecule has 2 saturated heterocycles. The van der Waals surface area contributed by atoms with Crippen LogP contribution >= 0.6 is 45.9 Å². The summed E-state index contributed by atoms with van der Waals surface area (Å²) >= 11 is 16.7. The third-order valence-corrected chi connectivity index (χ3v) is 12.3. The van der Waals surface area contributed by atoms with Crippen LogP contribution in [0.15, 0.2) is 36.4 Å². The van der Waals surface area contributed by atoms with E-state index in [2.05, 4.69) is 20.1 Å². The van der Waals surface area contributed by atoms with E-state index >= 15 is 0 Å². The third kappa shape index (κ3) is 5.81. The van der Waals surface area contributed by atoms with Crippen LogP contribution in [0.1, 0.15) is 46.3 Å². The normalized spacial score (nSPS) is 18.8. The maximum Gasteiger partial charge on any atom is 0.284 e. The molecule has 0 saturated carbocycles. The summed E-state index contributed by atoms with van der Waals surface area (Å²) in [6.07, 6.45) is 1.80. The maximum absolute atomic E-state index is 13.4. The highest BCUT2D eigenvalue weighted by atomic mass is 35.5. The molecule has 8 rings (SSSR count). The monoisotopic (exact) mass is 695 g/mol. The number of Topliss-reactive ketones (excluding diaryl/α,β-unsaturated/α-hetero) is 1. The Labute approximate surface area is 284 Å². The number of ether oxygens (including phenoxy) is 2. The van der Waals surface area contributed by atoms with Gasteiger partial charge in [0.2, 0.25) is 0 Å². The summed E-state index contributed by atoms with van der Waals surface area (Å²) in [6, 6.07) is 12.0. The molecule has 1 N–H and O–H groups in total. The Kier molecular flexibility index (Phi) is 8.45. The smallest absolute Gasteiger partial charge is 0.284 e. The van der Waals surface area contributed by atoms with Crippen molar-refractivity contribution in [1.82, 2.24) is 19.8 Å². The number of amides is 1. The van der Waals surface area contributed by atoms with Crippen LogP contribution in [-0.2, 0) is 41.8 Å². The van der Waals surface area contributed by atoms with E-state index in [1.165, 1.54) is 22.7 Å². The topological polar surface area (TPSA) is 96.9 Å². The molecular formula is C33H31Cl2N5O4S2. The summed E-state index contributed by atoms with van der Waals surface area (Å²) in [5.74, 6) is -0.350. The van der Waals surface area contributed by atoms with Crippen molar-refractivity contribution in [3.05, 3.63) is 83.2 Å². The van der Waals surface area contributed by atoms with Crippen LogP contribution in [0.3, 0.4) is 0 Å². The van der Waals surface area contributed by atoms with E-state index in [0.717, 1.165) is 86.6 Å². The zero-order valence-corrected chi connectivity index (χ0v) is 28.0. The average Bonchev–Trinajstić information content (AvgIpc) is 3.62. The van der Waals surface area contributed by atoms with Crippen molar-refractivity contribution in [2.24, 2.45) is 0 Å². The number of carbonyl (C=O) groups is 2. The Morgan fingerprint density at radius 1 is 0.804 bits per heavy atom. The predicted molar refractivity (Wildman–Crippen MR) is 180 cm³/mol. The van der Waals surface area contributed by atoms with Crippen molar-refractivity contribution < 1.29 is 19.1 Å². The molecular weight excluding hydrogens is 665 g/mol. The number of fused-ring (bicyclic) bond motifs is 2. The van der Waals surface area contributed by atoms with E-state index < -0.39 is 0 Å². The molecule has 46 heavy (non-hydrogen) atoms. The van der Waals surface area contributed by atoms with Gasteiger partial charge in [-0.15, -0.1) is 22.7 Å². The van der Waals surface area contributed by atoms with Gasteiger partial charge in [0, 0.05) is 66.3 Å². The number of hydrogen-bond acceptors (Lipinski definition) is 10. The van der Waals surface area contributed by atoms with Gasteiger partial charge in [0.05, 0.1) is 65.6 Å². The van der Waals surface area contributed by atoms with Gasteiger partial charge in [-0.1, -0.05) is 53.5 Å². The lowest BCUT2D eigenvalue weighted by molar-refractivity contribution is -0.0692. The first kappa shape index (κ1) is 30.6. The molecule has 0 spiro atoms. The maximum atomic E-state index is 13.4. The lowest BCUT2D eigenvalue weighted by Crippen LogP contribution is -2.50. The van der Waals surface area contributed by atoms with Crippen molar-refractivity contribution in [1.29, 1.82) is 0 Å². The SMILES string of the molecule is O=C(Cc1cccc(-c2cccc(NC(=O)c3nc4c(s3)CN(C3COC3)CC4)c2Cl)c1Cl)c1nc2c(s1)CN(C1COC1)CC2. The van der Waals surface area contributed by atoms with Crippen LogP contribution in [0.5, 0.6) is 0 Å². The largest absolute Gasteiger partial charge is 0.378 e. The number of thiazole rings is 2. The highest BCUT2D eigenvalue weighted by Gasteiger charge is 2.32. The number of rotatable bonds is 8. The van der Waals surface area contributed by atoms with Gasteiger partial charge in [0.25, 0.3) is 5.91 Å². The lowest BCUT2D eigenvalue weighted by atomic mass is 9.99. The molecule has 0 radical (unpaired) electrons. The molecule has 0 bridgehead atoms. The number of nitrogens with one attached hydrogen (secondary N) is 1. The van der Waals surface area contributed by atoms with Crippen LogP contribution in [0.4, 0.5) is 5.69 Å². The first-order valence-corrected chi connectivity index (χ1v) is 17.8. The fraction of sp³-hybridized carbons (Fsp3) is 0.394. The Hall–Kier alpha value is -2.74. The van der Waals surface area contributed by atoms with E-state index in [4.69, 9.17) is 37.7 Å². The zero-order chi connectivity index (χ0) is 31.4. The fourth-order valence-electron chi connectivity index (χ4n) is 6.32. The molecule has 13 heteroatoms. The van der Waals surface area contributed by atoms with Crippen LogP contribution in [0.2, 0.25) is 10.0 Å². The molecule has 2 fully saturated rings. The predicted octanol–water partition coefficient (Wildman–Crippen LogP) is 5.76. The Morgan fingerprint density at radius 3 is 1.98 bits per heavy atom. The number of aromatic nitrogens is 2. The summed E-state index contributed by atoms with van der Waals surface area (Å²) in [5.41, 5.74) is 4.55. The molecule has 0 atom stereocenters. The number of halogens is 2. The van der Waals surface area contributed by atoms with Gasteiger partial charge in [-0.05, 0) is 11.6 Å². The summed E-state index contributed by atoms with van der Waals surface area (Å²) in [5, 5.41) is 4.72. The molecule has 4 aliphatic rings. The second-order valence-electron chi connectivity index (χ2n) is 12.1. The van der Waals surface area contributed by atoms with Crippen molar-refractivity contribution in [3.63, 3.8) is 0 Å². The van der Waals surface area contributed by atoms with Crippen LogP contribution in [-0.4, -0.2) is 83.1 Å². The van der Waals surface area contributed by atoms with Gasteiger partial charge in [-0.25, -0.2) is 9.97 Å². The summed E-state index contributed by atoms with van der Waals surface area (Å²) < 4.78 is 10.7. The van der Waals surface area contributed by atoms with Crippen molar-refractivity contribution in [3.8, 4) is 11.1 Å². The number of carbonyl (C=O) groups excluding carboxylic acids is 2. The molecule has 1 amide bonds. The Balaban J connectivity index is 0.972. The van der Waals surface area contributed by atoms with E-state index in [1.54, 1.807) is 6.07 Å². The number of benzene rings is 2. The molecule has 4 aliphatic heterocycles. The summed E-state index contributed by atoms with van der Waals surface area (Å²) in [6.45, 7) is 6.55. The molecule has 238 valence electrons. The van der Waals surface area contributed by atoms with Crippen molar-refractivity contribution >= 4 is 63.3 Å². The molecule has 2 aromatic heterocycles. The number of hydrogen-bond donors (Lipinski definition) is 1. The molecule has 9 nitrogen and oxygen atoms in total. The number of anilines is 1. The van der Waals surface area contributed by atoms with Gasteiger partial charge in [0.15, 0.2) is 15.8 Å². The standard InChI is InChI=1S/C33H31Cl2N5O4S2/c34-29-18(11-26(41)32-37-23-7-9-39(12-27(23)45-32)19-14-43-15-19)3-1-4-21(29)22-5-2-6-25(30(22)35)36-31(42)33-38-24-8-10-40(13-28(24)46-33)20-16-44-17-20/h1-6,19-20H,7-17H2,(H,36,42). The second kappa shape index (κ2) is 12.7. The van der Waals surface area contributed by atoms with Crippen LogP contribution in [0, 0.1) is 0 Å². The zero-order valence-electron chi connectivity index (χ0n) is 24.9. The molecule has 4 aromatic rings. The van der Waals surface area contributed by atoms with E-state index in [1.807, 2.05) is 30.3 Å². The molecule has 6 heterocycles. The van der Waals surface area contributed by atoms with E-state index in [9.17, 15) is 9.59 Å². The first-order valence-electron chi connectivity index (χ1n) is 15.4. The average molecular weight is 697 g/mol. The van der Waals surface area contributed by atoms with Gasteiger partial charge >= 0.3 is 0 Å². The molecule has 0 unspecified atom stereocenters. The molecule has 0 aliphatic carbocycles. The van der Waals surface area contributed by atoms with Gasteiger partial charge in [-0.2, -0.15) is 0 Å². The van der Waals surface area contributed by atoms with E-state index in [-0.39, 0.29) is 18.1 Å². The van der Waals surface area contributed by atoms with Crippen molar-refractivity contribution in [2.45, 2.75) is 44.4 Å². The number of nitrogens with zero attached hydrogens (tertiary/aromatic N) is 4. The highest BCUT2D eigenvalue weighted by Crippen LogP contribution is 2.39. The van der Waals surface area contributed by atoms with Crippen molar-refractivity contribution in [2.75, 3.05) is 44.8 Å².